The summed E-state index contributed by atoms with van der Waals surface area (Å²) in [5.41, 5.74) is 0.474. The van der Waals surface area contributed by atoms with E-state index in [1.54, 1.807) is 12.1 Å². The standard InChI is InChI=1S/C15H12Cl2F2N2O2/c16-11-3-2-10(8-12(11)17)21-15(22)20-5-6-23-14-4-1-9(18)7-13(14)19/h1-4,7-8H,5-6H2,(H2,20,21,22). The van der Waals surface area contributed by atoms with Gasteiger partial charge in [0.25, 0.3) is 0 Å². The summed E-state index contributed by atoms with van der Waals surface area (Å²) in [5, 5.41) is 5.77. The van der Waals surface area contributed by atoms with Crippen molar-refractivity contribution in [2.45, 2.75) is 0 Å². The molecule has 0 aliphatic heterocycles. The molecule has 122 valence electrons. The number of carbonyl (C=O) groups is 1. The third-order valence-corrected chi connectivity index (χ3v) is 3.46. The fourth-order valence-electron chi connectivity index (χ4n) is 1.67. The van der Waals surface area contributed by atoms with Gasteiger partial charge in [0.05, 0.1) is 16.6 Å². The second-order valence-corrected chi connectivity index (χ2v) is 5.25. The molecule has 0 unspecified atom stereocenters. The third kappa shape index (κ3) is 5.26. The number of nitrogens with one attached hydrogen (secondary N) is 2. The summed E-state index contributed by atoms with van der Waals surface area (Å²) in [5.74, 6) is -1.57. The first-order valence-electron chi connectivity index (χ1n) is 6.53. The van der Waals surface area contributed by atoms with E-state index in [0.717, 1.165) is 12.1 Å². The Morgan fingerprint density at radius 2 is 1.87 bits per heavy atom. The number of anilines is 1. The van der Waals surface area contributed by atoms with Crippen molar-refractivity contribution in [3.63, 3.8) is 0 Å². The van der Waals surface area contributed by atoms with Crippen molar-refractivity contribution in [2.75, 3.05) is 18.5 Å². The molecule has 0 fully saturated rings. The van der Waals surface area contributed by atoms with Crippen molar-refractivity contribution in [1.82, 2.24) is 5.32 Å². The van der Waals surface area contributed by atoms with Crippen LogP contribution in [0.3, 0.4) is 0 Å². The van der Waals surface area contributed by atoms with Crippen LogP contribution in [0.4, 0.5) is 19.3 Å². The van der Waals surface area contributed by atoms with Gasteiger partial charge in [-0.05, 0) is 30.3 Å². The molecule has 4 nitrogen and oxygen atoms in total. The molecule has 23 heavy (non-hydrogen) atoms. The third-order valence-electron chi connectivity index (χ3n) is 2.72. The molecule has 0 aliphatic carbocycles. The van der Waals surface area contributed by atoms with E-state index in [-0.39, 0.29) is 18.9 Å². The van der Waals surface area contributed by atoms with E-state index >= 15 is 0 Å². The smallest absolute Gasteiger partial charge is 0.319 e. The molecule has 0 radical (unpaired) electrons. The summed E-state index contributed by atoms with van der Waals surface area (Å²) < 4.78 is 31.1. The van der Waals surface area contributed by atoms with Crippen molar-refractivity contribution in [3.05, 3.63) is 58.1 Å². The van der Waals surface area contributed by atoms with E-state index in [1.165, 1.54) is 12.1 Å². The lowest BCUT2D eigenvalue weighted by atomic mass is 10.3. The van der Waals surface area contributed by atoms with Crippen molar-refractivity contribution in [1.29, 1.82) is 0 Å². The Morgan fingerprint density at radius 3 is 2.57 bits per heavy atom. The number of ether oxygens (including phenoxy) is 1. The van der Waals surface area contributed by atoms with Crippen molar-refractivity contribution in [3.8, 4) is 5.75 Å². The van der Waals surface area contributed by atoms with Gasteiger partial charge in [0.15, 0.2) is 11.6 Å². The van der Waals surface area contributed by atoms with Crippen LogP contribution < -0.4 is 15.4 Å². The highest BCUT2D eigenvalue weighted by molar-refractivity contribution is 6.42. The SMILES string of the molecule is O=C(NCCOc1ccc(F)cc1F)Nc1ccc(Cl)c(Cl)c1. The van der Waals surface area contributed by atoms with Crippen LogP contribution in [0, 0.1) is 11.6 Å². The van der Waals surface area contributed by atoms with E-state index in [0.29, 0.717) is 15.7 Å². The predicted molar refractivity (Wildman–Crippen MR) is 85.3 cm³/mol. The topological polar surface area (TPSA) is 50.4 Å². The first-order valence-corrected chi connectivity index (χ1v) is 7.29. The fourth-order valence-corrected chi connectivity index (χ4v) is 1.97. The van der Waals surface area contributed by atoms with E-state index in [9.17, 15) is 13.6 Å². The molecule has 2 rings (SSSR count). The second kappa shape index (κ2) is 7.99. The maximum atomic E-state index is 13.3. The van der Waals surface area contributed by atoms with Gasteiger partial charge in [-0.3, -0.25) is 0 Å². The maximum Gasteiger partial charge on any atom is 0.319 e. The van der Waals surface area contributed by atoms with Crippen LogP contribution in [0.5, 0.6) is 5.75 Å². The molecule has 0 spiro atoms. The molecule has 2 aromatic carbocycles. The van der Waals surface area contributed by atoms with Gasteiger partial charge in [0.2, 0.25) is 0 Å². The van der Waals surface area contributed by atoms with Crippen LogP contribution in [0.1, 0.15) is 0 Å². The Bertz CT molecular complexity index is 714. The van der Waals surface area contributed by atoms with Gasteiger partial charge in [-0.25, -0.2) is 13.6 Å². The minimum atomic E-state index is -0.801. The van der Waals surface area contributed by atoms with Crippen molar-refractivity contribution in [2.24, 2.45) is 0 Å². The number of amides is 2. The maximum absolute atomic E-state index is 13.3. The summed E-state index contributed by atoms with van der Waals surface area (Å²) in [6.45, 7) is 0.154. The average Bonchev–Trinajstić information content (AvgIpc) is 2.49. The van der Waals surface area contributed by atoms with Crippen LogP contribution in [0.15, 0.2) is 36.4 Å². The Labute approximate surface area is 141 Å². The van der Waals surface area contributed by atoms with Crippen molar-refractivity contribution >= 4 is 34.9 Å². The first-order chi connectivity index (χ1) is 11.0. The zero-order valence-electron chi connectivity index (χ0n) is 11.7. The monoisotopic (exact) mass is 360 g/mol. The van der Waals surface area contributed by atoms with Crippen LogP contribution in [0.2, 0.25) is 10.0 Å². The Morgan fingerprint density at radius 1 is 1.09 bits per heavy atom. The minimum absolute atomic E-state index is 0.0251. The Kier molecular flexibility index (Phi) is 6.01. The molecule has 0 aliphatic rings. The van der Waals surface area contributed by atoms with E-state index < -0.39 is 17.7 Å². The molecule has 8 heteroatoms. The summed E-state index contributed by atoms with van der Waals surface area (Å²) in [6, 6.07) is 7.17. The molecule has 0 saturated heterocycles. The number of benzene rings is 2. The lowest BCUT2D eigenvalue weighted by Gasteiger charge is -2.10. The number of hydrogen-bond acceptors (Lipinski definition) is 2. The molecule has 0 bridgehead atoms. The van der Waals surface area contributed by atoms with Gasteiger partial charge in [-0.15, -0.1) is 0 Å². The van der Waals surface area contributed by atoms with Gasteiger partial charge in [0.1, 0.15) is 12.4 Å². The average molecular weight is 361 g/mol. The van der Waals surface area contributed by atoms with Gasteiger partial charge in [0, 0.05) is 11.8 Å². The molecule has 0 saturated carbocycles. The Balaban J connectivity index is 1.75. The summed E-state index contributed by atoms with van der Waals surface area (Å²) in [6.07, 6.45) is 0. The van der Waals surface area contributed by atoms with Crippen molar-refractivity contribution < 1.29 is 18.3 Å². The number of rotatable bonds is 5. The molecule has 0 aromatic heterocycles. The largest absolute Gasteiger partial charge is 0.489 e. The summed E-state index contributed by atoms with van der Waals surface area (Å²) in [4.78, 5) is 11.7. The van der Waals surface area contributed by atoms with Crippen LogP contribution in [-0.4, -0.2) is 19.2 Å². The van der Waals surface area contributed by atoms with Crippen LogP contribution in [-0.2, 0) is 0 Å². The van der Waals surface area contributed by atoms with E-state index in [4.69, 9.17) is 27.9 Å². The van der Waals surface area contributed by atoms with E-state index in [2.05, 4.69) is 10.6 Å². The number of halogens is 4. The molecule has 2 aromatic rings. The van der Waals surface area contributed by atoms with Crippen LogP contribution in [0.25, 0.3) is 0 Å². The molecule has 2 N–H and O–H groups in total. The van der Waals surface area contributed by atoms with Gasteiger partial charge in [-0.1, -0.05) is 23.2 Å². The molecule has 0 heterocycles. The molecule has 0 atom stereocenters. The van der Waals surface area contributed by atoms with Crippen LogP contribution >= 0.6 is 23.2 Å². The first kappa shape index (κ1) is 17.3. The lowest BCUT2D eigenvalue weighted by molar-refractivity contribution is 0.246. The minimum Gasteiger partial charge on any atom is -0.489 e. The fraction of sp³-hybridized carbons (Fsp3) is 0.133. The highest BCUT2D eigenvalue weighted by atomic mass is 35.5. The predicted octanol–water partition coefficient (Wildman–Crippen LogP) is 4.47. The number of hydrogen-bond donors (Lipinski definition) is 2. The van der Waals surface area contributed by atoms with Gasteiger partial charge < -0.3 is 15.4 Å². The van der Waals surface area contributed by atoms with Gasteiger partial charge in [-0.2, -0.15) is 0 Å². The highest BCUT2D eigenvalue weighted by Crippen LogP contribution is 2.24. The zero-order chi connectivity index (χ0) is 16.8. The Hall–Kier alpha value is -2.05. The molecular formula is C15H12Cl2F2N2O2. The number of carbonyl (C=O) groups excluding carboxylic acids is 1. The molecular weight excluding hydrogens is 349 g/mol. The zero-order valence-corrected chi connectivity index (χ0v) is 13.2. The molecule has 2 amide bonds. The summed E-state index contributed by atoms with van der Waals surface area (Å²) in [7, 11) is 0. The second-order valence-electron chi connectivity index (χ2n) is 4.43. The lowest BCUT2D eigenvalue weighted by Crippen LogP contribution is -2.32. The van der Waals surface area contributed by atoms with E-state index in [1.807, 2.05) is 0 Å². The highest BCUT2D eigenvalue weighted by Gasteiger charge is 2.06. The quantitative estimate of drug-likeness (QED) is 0.772. The normalized spacial score (nSPS) is 10.3. The van der Waals surface area contributed by atoms with Gasteiger partial charge >= 0.3 is 6.03 Å². The summed E-state index contributed by atoms with van der Waals surface area (Å²) >= 11 is 11.6. The number of urea groups is 1.